The van der Waals surface area contributed by atoms with E-state index in [0.29, 0.717) is 6.61 Å². The molecule has 0 N–H and O–H groups in total. The van der Waals surface area contributed by atoms with E-state index < -0.39 is 0 Å². The number of carbonyl (C=O) groups excluding carboxylic acids is 1. The first-order valence-corrected chi connectivity index (χ1v) is 6.20. The Hall–Kier alpha value is -1.35. The predicted octanol–water partition coefficient (Wildman–Crippen LogP) is 2.86. The third kappa shape index (κ3) is 3.30. The summed E-state index contributed by atoms with van der Waals surface area (Å²) in [6.45, 7) is 2.63. The van der Waals surface area contributed by atoms with Crippen LogP contribution in [-0.4, -0.2) is 18.7 Å². The first kappa shape index (κ1) is 12.1. The Kier molecular flexibility index (Phi) is 4.15. The summed E-state index contributed by atoms with van der Waals surface area (Å²) < 4.78 is 10.5. The Labute approximate surface area is 102 Å². The van der Waals surface area contributed by atoms with Crippen LogP contribution in [0.2, 0.25) is 0 Å². The molecule has 1 aliphatic heterocycles. The first-order valence-electron chi connectivity index (χ1n) is 6.20. The largest absolute Gasteiger partial charge is 0.464 e. The zero-order valence-corrected chi connectivity index (χ0v) is 10.1. The van der Waals surface area contributed by atoms with Crippen LogP contribution in [0.3, 0.4) is 0 Å². The SMILES string of the molecule is CCCCCOC(=O)[C@H]1O[C@@H]1c1ccccc1. The fourth-order valence-corrected chi connectivity index (χ4v) is 1.79. The summed E-state index contributed by atoms with van der Waals surface area (Å²) in [5.74, 6) is -0.227. The van der Waals surface area contributed by atoms with Crippen LogP contribution in [-0.2, 0) is 14.3 Å². The van der Waals surface area contributed by atoms with E-state index in [0.717, 1.165) is 24.8 Å². The molecule has 1 aromatic carbocycles. The van der Waals surface area contributed by atoms with Gasteiger partial charge in [-0.2, -0.15) is 0 Å². The topological polar surface area (TPSA) is 38.8 Å². The molecule has 3 heteroatoms. The molecule has 0 aliphatic carbocycles. The van der Waals surface area contributed by atoms with E-state index in [1.165, 1.54) is 0 Å². The maximum absolute atomic E-state index is 11.6. The van der Waals surface area contributed by atoms with Crippen molar-refractivity contribution in [1.82, 2.24) is 0 Å². The van der Waals surface area contributed by atoms with Crippen molar-refractivity contribution in [3.63, 3.8) is 0 Å². The normalized spacial score (nSPS) is 22.2. The Balaban J connectivity index is 1.73. The van der Waals surface area contributed by atoms with Crippen molar-refractivity contribution in [1.29, 1.82) is 0 Å². The van der Waals surface area contributed by atoms with Gasteiger partial charge in [-0.15, -0.1) is 0 Å². The maximum atomic E-state index is 11.6. The van der Waals surface area contributed by atoms with Gasteiger partial charge in [0.25, 0.3) is 0 Å². The van der Waals surface area contributed by atoms with Crippen LogP contribution in [0.15, 0.2) is 30.3 Å². The van der Waals surface area contributed by atoms with Gasteiger partial charge in [-0.1, -0.05) is 50.1 Å². The van der Waals surface area contributed by atoms with Gasteiger partial charge in [0.15, 0.2) is 6.10 Å². The molecule has 2 atom stereocenters. The van der Waals surface area contributed by atoms with Crippen LogP contribution < -0.4 is 0 Å². The molecule has 0 bridgehead atoms. The standard InChI is InChI=1S/C14H18O3/c1-2-3-7-10-16-14(15)13-12(17-13)11-8-5-4-6-9-11/h4-6,8-9,12-13H,2-3,7,10H2,1H3/t12-,13+/m1/s1. The van der Waals surface area contributed by atoms with E-state index in [2.05, 4.69) is 6.92 Å². The molecule has 0 aromatic heterocycles. The third-order valence-corrected chi connectivity index (χ3v) is 2.84. The molecule has 2 rings (SSSR count). The highest BCUT2D eigenvalue weighted by molar-refractivity contribution is 5.78. The van der Waals surface area contributed by atoms with Gasteiger partial charge in [0.1, 0.15) is 6.10 Å². The molecular formula is C14H18O3. The maximum Gasteiger partial charge on any atom is 0.338 e. The van der Waals surface area contributed by atoms with Gasteiger partial charge >= 0.3 is 5.97 Å². The van der Waals surface area contributed by atoms with Crippen molar-refractivity contribution < 1.29 is 14.3 Å². The fraction of sp³-hybridized carbons (Fsp3) is 0.500. The van der Waals surface area contributed by atoms with Gasteiger partial charge in [-0.05, 0) is 12.0 Å². The molecule has 1 aromatic rings. The lowest BCUT2D eigenvalue weighted by Gasteiger charge is -2.01. The molecule has 92 valence electrons. The van der Waals surface area contributed by atoms with E-state index in [1.54, 1.807) is 0 Å². The molecule has 0 spiro atoms. The van der Waals surface area contributed by atoms with Gasteiger partial charge in [0.05, 0.1) is 6.61 Å². The summed E-state index contributed by atoms with van der Waals surface area (Å²) >= 11 is 0. The summed E-state index contributed by atoms with van der Waals surface area (Å²) in [6, 6.07) is 9.77. The summed E-state index contributed by atoms with van der Waals surface area (Å²) in [6.07, 6.45) is 2.67. The van der Waals surface area contributed by atoms with Crippen LogP contribution in [0.1, 0.15) is 37.9 Å². The molecular weight excluding hydrogens is 216 g/mol. The zero-order valence-electron chi connectivity index (χ0n) is 10.1. The number of ether oxygens (including phenoxy) is 2. The molecule has 1 heterocycles. The lowest BCUT2D eigenvalue weighted by molar-refractivity contribution is -0.145. The monoisotopic (exact) mass is 234 g/mol. The van der Waals surface area contributed by atoms with Crippen LogP contribution >= 0.6 is 0 Å². The molecule has 0 amide bonds. The number of hydrogen-bond acceptors (Lipinski definition) is 3. The second kappa shape index (κ2) is 5.82. The Bertz CT molecular complexity index is 361. The molecule has 0 radical (unpaired) electrons. The lowest BCUT2D eigenvalue weighted by Crippen LogP contribution is -2.13. The molecule has 1 fully saturated rings. The second-order valence-corrected chi connectivity index (χ2v) is 4.26. The van der Waals surface area contributed by atoms with Gasteiger partial charge in [-0.25, -0.2) is 4.79 Å². The number of carbonyl (C=O) groups is 1. The summed E-state index contributed by atoms with van der Waals surface area (Å²) in [5, 5.41) is 0. The quantitative estimate of drug-likeness (QED) is 0.431. The van der Waals surface area contributed by atoms with Crippen LogP contribution in [0.25, 0.3) is 0 Å². The number of benzene rings is 1. The summed E-state index contributed by atoms with van der Waals surface area (Å²) in [4.78, 5) is 11.6. The Morgan fingerprint density at radius 2 is 2.06 bits per heavy atom. The Morgan fingerprint density at radius 1 is 1.29 bits per heavy atom. The summed E-state index contributed by atoms with van der Waals surface area (Å²) in [7, 11) is 0. The summed E-state index contributed by atoms with van der Waals surface area (Å²) in [5.41, 5.74) is 1.04. The molecule has 1 saturated heterocycles. The van der Waals surface area contributed by atoms with E-state index in [4.69, 9.17) is 9.47 Å². The van der Waals surface area contributed by atoms with Crippen molar-refractivity contribution in [2.24, 2.45) is 0 Å². The zero-order chi connectivity index (χ0) is 12.1. The smallest absolute Gasteiger partial charge is 0.338 e. The Morgan fingerprint density at radius 3 is 2.76 bits per heavy atom. The molecule has 3 nitrogen and oxygen atoms in total. The van der Waals surface area contributed by atoms with Crippen molar-refractivity contribution >= 4 is 5.97 Å². The third-order valence-electron chi connectivity index (χ3n) is 2.84. The number of unbranched alkanes of at least 4 members (excludes halogenated alkanes) is 2. The molecule has 0 unspecified atom stereocenters. The molecule has 1 aliphatic rings. The lowest BCUT2D eigenvalue weighted by atomic mass is 10.1. The minimum atomic E-state index is -0.390. The van der Waals surface area contributed by atoms with Crippen molar-refractivity contribution in [3.8, 4) is 0 Å². The second-order valence-electron chi connectivity index (χ2n) is 4.26. The van der Waals surface area contributed by atoms with E-state index >= 15 is 0 Å². The van der Waals surface area contributed by atoms with E-state index in [-0.39, 0.29) is 18.2 Å². The van der Waals surface area contributed by atoms with Crippen LogP contribution in [0.5, 0.6) is 0 Å². The average Bonchev–Trinajstić information content (AvgIpc) is 3.16. The number of epoxide rings is 1. The van der Waals surface area contributed by atoms with Crippen molar-refractivity contribution in [2.75, 3.05) is 6.61 Å². The highest BCUT2D eigenvalue weighted by atomic mass is 16.6. The number of hydrogen-bond donors (Lipinski definition) is 0. The number of rotatable bonds is 6. The predicted molar refractivity (Wildman–Crippen MR) is 64.5 cm³/mol. The van der Waals surface area contributed by atoms with E-state index in [1.807, 2.05) is 30.3 Å². The van der Waals surface area contributed by atoms with Gasteiger partial charge in [-0.3, -0.25) is 0 Å². The highest BCUT2D eigenvalue weighted by Gasteiger charge is 2.47. The molecule has 17 heavy (non-hydrogen) atoms. The average molecular weight is 234 g/mol. The fourth-order valence-electron chi connectivity index (χ4n) is 1.79. The van der Waals surface area contributed by atoms with Crippen molar-refractivity contribution in [2.45, 2.75) is 38.4 Å². The van der Waals surface area contributed by atoms with Gasteiger partial charge in [0.2, 0.25) is 0 Å². The minimum Gasteiger partial charge on any atom is -0.464 e. The van der Waals surface area contributed by atoms with Crippen LogP contribution in [0, 0.1) is 0 Å². The number of esters is 1. The highest BCUT2D eigenvalue weighted by Crippen LogP contribution is 2.39. The van der Waals surface area contributed by atoms with E-state index in [9.17, 15) is 4.79 Å². The molecule has 0 saturated carbocycles. The van der Waals surface area contributed by atoms with Crippen LogP contribution in [0.4, 0.5) is 0 Å². The van der Waals surface area contributed by atoms with Gasteiger partial charge < -0.3 is 9.47 Å². The van der Waals surface area contributed by atoms with Crippen molar-refractivity contribution in [3.05, 3.63) is 35.9 Å². The minimum absolute atomic E-state index is 0.102. The van der Waals surface area contributed by atoms with Gasteiger partial charge in [0, 0.05) is 0 Å². The first-order chi connectivity index (χ1) is 8.33.